The van der Waals surface area contributed by atoms with Crippen molar-refractivity contribution in [2.75, 3.05) is 0 Å². The summed E-state index contributed by atoms with van der Waals surface area (Å²) in [5.41, 5.74) is 4.67. The first-order valence-corrected chi connectivity index (χ1v) is 8.76. The zero-order valence-corrected chi connectivity index (χ0v) is 11.4. The minimum atomic E-state index is 0.929. The Labute approximate surface area is 110 Å². The Morgan fingerprint density at radius 2 is 1.44 bits per heavy atom. The zero-order valence-electron chi connectivity index (χ0n) is 11.4. The van der Waals surface area contributed by atoms with Gasteiger partial charge in [0.2, 0.25) is 0 Å². The van der Waals surface area contributed by atoms with Gasteiger partial charge in [0.05, 0.1) is 0 Å². The predicted octanol–water partition coefficient (Wildman–Crippen LogP) is 4.54. The molecule has 0 aliphatic heterocycles. The van der Waals surface area contributed by atoms with Crippen molar-refractivity contribution in [3.63, 3.8) is 0 Å². The Balaban J connectivity index is 1.58. The van der Waals surface area contributed by atoms with Crippen LogP contribution in [-0.2, 0) is 0 Å². The first-order chi connectivity index (χ1) is 8.76. The number of fused-ring (bicyclic) bond motifs is 1. The topological polar surface area (TPSA) is 0 Å². The van der Waals surface area contributed by atoms with Gasteiger partial charge >= 0.3 is 0 Å². The van der Waals surface area contributed by atoms with Gasteiger partial charge in [0.15, 0.2) is 0 Å². The smallest absolute Gasteiger partial charge is 0.0168 e. The third kappa shape index (κ3) is 0.476. The normalized spacial score (nSPS) is 80.0. The van der Waals surface area contributed by atoms with E-state index in [0.717, 1.165) is 27.1 Å². The highest BCUT2D eigenvalue weighted by atomic mass is 15.0. The maximum absolute atomic E-state index is 1.71. The Hall–Kier alpha value is 0. The molecule has 1 spiro atoms. The average Bonchev–Trinajstić information content (AvgIpc) is 2.91. The van der Waals surface area contributed by atoms with E-state index in [4.69, 9.17) is 0 Å². The van der Waals surface area contributed by atoms with Gasteiger partial charge in [-0.15, -0.1) is 0 Å². The van der Waals surface area contributed by atoms with Crippen LogP contribution in [0.25, 0.3) is 0 Å². The molecule has 18 heavy (non-hydrogen) atoms. The quantitative estimate of drug-likeness (QED) is 0.583. The maximum Gasteiger partial charge on any atom is -0.0168 e. The molecule has 0 nitrogen and oxygen atoms in total. The van der Waals surface area contributed by atoms with E-state index < -0.39 is 0 Å². The molecule has 8 fully saturated rings. The first-order valence-electron chi connectivity index (χ1n) is 8.76. The summed E-state index contributed by atoms with van der Waals surface area (Å²) in [7, 11) is 0. The molecule has 96 valence electrons. The van der Waals surface area contributed by atoms with Crippen molar-refractivity contribution < 1.29 is 0 Å². The van der Waals surface area contributed by atoms with Gasteiger partial charge in [0.25, 0.3) is 0 Å². The van der Waals surface area contributed by atoms with Gasteiger partial charge in [0.1, 0.15) is 0 Å². The number of rotatable bonds is 0. The summed E-state index contributed by atoms with van der Waals surface area (Å²) < 4.78 is 0. The van der Waals surface area contributed by atoms with Crippen LogP contribution in [0.15, 0.2) is 0 Å². The lowest BCUT2D eigenvalue weighted by molar-refractivity contribution is -0.143. The average molecular weight is 240 g/mol. The fraction of sp³-hybridized carbons (Fsp3) is 1.00. The van der Waals surface area contributed by atoms with Crippen LogP contribution in [0.1, 0.15) is 70.6 Å². The van der Waals surface area contributed by atoms with Crippen molar-refractivity contribution in [2.45, 2.75) is 70.6 Å². The maximum atomic E-state index is 1.71. The second-order valence-corrected chi connectivity index (χ2v) is 9.60. The number of hydrogen-bond acceptors (Lipinski definition) is 0. The summed E-state index contributed by atoms with van der Waals surface area (Å²) in [4.78, 5) is 0. The van der Waals surface area contributed by atoms with Crippen molar-refractivity contribution in [1.82, 2.24) is 0 Å². The van der Waals surface area contributed by atoms with Crippen LogP contribution in [0, 0.1) is 38.9 Å². The fourth-order valence-electron chi connectivity index (χ4n) is 10.6. The Kier molecular flexibility index (Phi) is 0.988. The van der Waals surface area contributed by atoms with Gasteiger partial charge in [-0.1, -0.05) is 12.8 Å². The molecular weight excluding hydrogens is 216 g/mol. The van der Waals surface area contributed by atoms with Crippen LogP contribution in [0.2, 0.25) is 0 Å². The summed E-state index contributed by atoms with van der Waals surface area (Å²) in [5.74, 6) is 2.46. The van der Waals surface area contributed by atoms with E-state index in [2.05, 4.69) is 0 Å². The largest absolute Gasteiger partial charge is 0.0522 e. The lowest BCUT2D eigenvalue weighted by Crippen LogP contribution is -2.56. The lowest BCUT2D eigenvalue weighted by atomic mass is 9.42. The van der Waals surface area contributed by atoms with E-state index >= 15 is 0 Å². The van der Waals surface area contributed by atoms with Crippen molar-refractivity contribution >= 4 is 0 Å². The Morgan fingerprint density at radius 1 is 0.667 bits per heavy atom. The van der Waals surface area contributed by atoms with E-state index in [9.17, 15) is 0 Å². The molecule has 8 saturated carbocycles. The van der Waals surface area contributed by atoms with E-state index in [1.165, 1.54) is 11.8 Å². The molecule has 0 amide bonds. The van der Waals surface area contributed by atoms with Crippen molar-refractivity contribution in [3.8, 4) is 0 Å². The van der Waals surface area contributed by atoms with Gasteiger partial charge in [-0.05, 0) is 96.7 Å². The van der Waals surface area contributed by atoms with Crippen LogP contribution >= 0.6 is 0 Å². The molecule has 0 aromatic rings. The third-order valence-corrected chi connectivity index (χ3v) is 10.4. The van der Waals surface area contributed by atoms with Crippen LogP contribution in [-0.4, -0.2) is 0 Å². The minimum Gasteiger partial charge on any atom is -0.0522 e. The fourth-order valence-corrected chi connectivity index (χ4v) is 10.6. The van der Waals surface area contributed by atoms with Crippen molar-refractivity contribution in [3.05, 3.63) is 0 Å². The molecule has 0 N–H and O–H groups in total. The highest BCUT2D eigenvalue weighted by Crippen LogP contribution is 3.07. The van der Waals surface area contributed by atoms with Gasteiger partial charge in [0, 0.05) is 0 Å². The summed E-state index contributed by atoms with van der Waals surface area (Å²) in [6.45, 7) is 0. The molecule has 0 aromatic heterocycles. The van der Waals surface area contributed by atoms with Crippen LogP contribution in [0.4, 0.5) is 0 Å². The van der Waals surface area contributed by atoms with Crippen molar-refractivity contribution in [1.29, 1.82) is 0 Å². The Bertz CT molecular complexity index is 500. The van der Waals surface area contributed by atoms with Gasteiger partial charge in [-0.3, -0.25) is 0 Å². The monoisotopic (exact) mass is 240 g/mol. The summed E-state index contributed by atoms with van der Waals surface area (Å²) in [5, 5.41) is 0. The summed E-state index contributed by atoms with van der Waals surface area (Å²) >= 11 is 0. The molecule has 7 unspecified atom stereocenters. The highest BCUT2D eigenvalue weighted by molar-refractivity contribution is 5.48. The molecule has 0 radical (unpaired) electrons. The molecule has 7 atom stereocenters. The highest BCUT2D eigenvalue weighted by Gasteiger charge is 3.00. The minimum absolute atomic E-state index is 0.929. The van der Waals surface area contributed by atoms with Crippen LogP contribution in [0.3, 0.4) is 0 Å². The van der Waals surface area contributed by atoms with E-state index in [0.29, 0.717) is 0 Å². The molecule has 0 heterocycles. The first kappa shape index (κ1) is 9.03. The Morgan fingerprint density at radius 3 is 2.33 bits per heavy atom. The van der Waals surface area contributed by atoms with Gasteiger partial charge in [-0.25, -0.2) is 0 Å². The predicted molar refractivity (Wildman–Crippen MR) is 69.9 cm³/mol. The molecule has 2 bridgehead atoms. The summed E-state index contributed by atoms with van der Waals surface area (Å²) in [6.07, 6.45) is 18.3. The van der Waals surface area contributed by atoms with E-state index in [1.54, 1.807) is 70.6 Å². The van der Waals surface area contributed by atoms with E-state index in [1.807, 2.05) is 0 Å². The van der Waals surface area contributed by atoms with Gasteiger partial charge in [-0.2, -0.15) is 0 Å². The molecular formula is C18H24. The molecule has 0 saturated heterocycles. The van der Waals surface area contributed by atoms with E-state index in [-0.39, 0.29) is 0 Å². The number of hydrogen-bond donors (Lipinski definition) is 0. The second-order valence-electron chi connectivity index (χ2n) is 9.60. The third-order valence-electron chi connectivity index (χ3n) is 10.4. The van der Waals surface area contributed by atoms with Crippen LogP contribution < -0.4 is 0 Å². The SMILES string of the molecule is C1CC23CC2(C1)C12CCCC1(C2)C12CCC(C1)C32. The van der Waals surface area contributed by atoms with Gasteiger partial charge < -0.3 is 0 Å². The molecule has 0 aromatic carbocycles. The van der Waals surface area contributed by atoms with Crippen LogP contribution in [0.5, 0.6) is 0 Å². The lowest BCUT2D eigenvalue weighted by Gasteiger charge is -2.61. The molecule has 0 heteroatoms. The second kappa shape index (κ2) is 1.97. The summed E-state index contributed by atoms with van der Waals surface area (Å²) in [6, 6.07) is 0. The zero-order chi connectivity index (χ0) is 11.4. The van der Waals surface area contributed by atoms with Crippen molar-refractivity contribution in [2.24, 2.45) is 38.9 Å². The molecule has 8 aliphatic rings. The molecule has 8 rings (SSSR count). The molecule has 8 aliphatic carbocycles. The standard InChI is InChI=1S/C18H24/c1-4-15-10-16(15,5-1)18-7-2-6-17(18,11-18)14-8-3-12(9-14)13(14)15/h12-13H,1-11H2.